The van der Waals surface area contributed by atoms with Crippen molar-refractivity contribution in [2.75, 3.05) is 18.0 Å². The SMILES string of the molecule is O=C(O)c1ccc(/C=C\C(=O)c2ccc(N3CCCCCC3)cc2)cc1. The minimum absolute atomic E-state index is 0.0604. The molecule has 1 saturated heterocycles. The number of carboxylic acids is 1. The number of hydrogen-bond acceptors (Lipinski definition) is 3. The van der Waals surface area contributed by atoms with Crippen LogP contribution in [0.2, 0.25) is 0 Å². The summed E-state index contributed by atoms with van der Waals surface area (Å²) in [6, 6.07) is 14.2. The van der Waals surface area contributed by atoms with Gasteiger partial charge in [-0.1, -0.05) is 31.1 Å². The van der Waals surface area contributed by atoms with Gasteiger partial charge in [0.15, 0.2) is 5.78 Å². The fourth-order valence-electron chi connectivity index (χ4n) is 3.17. The van der Waals surface area contributed by atoms with E-state index in [1.54, 1.807) is 18.2 Å². The molecule has 0 radical (unpaired) electrons. The van der Waals surface area contributed by atoms with Gasteiger partial charge in [0.05, 0.1) is 5.56 Å². The Morgan fingerprint density at radius 3 is 1.96 bits per heavy atom. The molecule has 2 aromatic rings. The number of allylic oxidation sites excluding steroid dienone is 1. The third kappa shape index (κ3) is 4.60. The molecular formula is C22H23NO3. The fraction of sp³-hybridized carbons (Fsp3) is 0.273. The van der Waals surface area contributed by atoms with Gasteiger partial charge in [-0.25, -0.2) is 4.79 Å². The number of hydrogen-bond donors (Lipinski definition) is 1. The van der Waals surface area contributed by atoms with Crippen LogP contribution in [0, 0.1) is 0 Å². The molecule has 0 spiro atoms. The highest BCUT2D eigenvalue weighted by molar-refractivity contribution is 6.07. The second-order valence-electron chi connectivity index (χ2n) is 6.57. The zero-order chi connectivity index (χ0) is 18.4. The molecule has 0 bridgehead atoms. The maximum Gasteiger partial charge on any atom is 0.335 e. The number of aromatic carboxylic acids is 1. The minimum Gasteiger partial charge on any atom is -0.478 e. The van der Waals surface area contributed by atoms with Gasteiger partial charge in [-0.3, -0.25) is 4.79 Å². The van der Waals surface area contributed by atoms with Crippen molar-refractivity contribution in [2.24, 2.45) is 0 Å². The fourth-order valence-corrected chi connectivity index (χ4v) is 3.17. The van der Waals surface area contributed by atoms with Crippen molar-refractivity contribution in [3.8, 4) is 0 Å². The number of carbonyl (C=O) groups excluding carboxylic acids is 1. The number of anilines is 1. The Morgan fingerprint density at radius 2 is 1.38 bits per heavy atom. The molecule has 1 aliphatic rings. The van der Waals surface area contributed by atoms with Gasteiger partial charge in [0.25, 0.3) is 0 Å². The molecule has 0 saturated carbocycles. The van der Waals surface area contributed by atoms with Crippen molar-refractivity contribution in [1.82, 2.24) is 0 Å². The third-order valence-corrected chi connectivity index (χ3v) is 4.71. The zero-order valence-electron chi connectivity index (χ0n) is 14.7. The molecule has 1 aliphatic heterocycles. The summed E-state index contributed by atoms with van der Waals surface area (Å²) < 4.78 is 0. The zero-order valence-corrected chi connectivity index (χ0v) is 14.7. The van der Waals surface area contributed by atoms with Crippen molar-refractivity contribution in [2.45, 2.75) is 25.7 Å². The summed E-state index contributed by atoms with van der Waals surface area (Å²) in [5.41, 5.74) is 2.86. The first-order valence-corrected chi connectivity index (χ1v) is 9.04. The molecule has 26 heavy (non-hydrogen) atoms. The standard InChI is InChI=1S/C22H23NO3/c24-21(14-7-17-5-8-19(9-6-17)22(25)26)18-10-12-20(13-11-18)23-15-3-1-2-4-16-23/h5-14H,1-4,15-16H2,(H,25,26)/b14-7-. The number of nitrogens with zero attached hydrogens (tertiary/aromatic N) is 1. The summed E-state index contributed by atoms with van der Waals surface area (Å²) in [7, 11) is 0. The number of carbonyl (C=O) groups is 2. The molecule has 4 heteroatoms. The number of rotatable bonds is 5. The van der Waals surface area contributed by atoms with Crippen LogP contribution in [0.15, 0.2) is 54.6 Å². The number of ketones is 1. The highest BCUT2D eigenvalue weighted by Gasteiger charge is 2.10. The van der Waals surface area contributed by atoms with Crippen LogP contribution >= 0.6 is 0 Å². The smallest absolute Gasteiger partial charge is 0.335 e. The summed E-state index contributed by atoms with van der Waals surface area (Å²) in [6.07, 6.45) is 8.28. The average Bonchev–Trinajstić information content (AvgIpc) is 2.96. The van der Waals surface area contributed by atoms with Crippen LogP contribution in [-0.2, 0) is 0 Å². The van der Waals surface area contributed by atoms with Gasteiger partial charge in [0, 0.05) is 24.3 Å². The van der Waals surface area contributed by atoms with Gasteiger partial charge in [-0.2, -0.15) is 0 Å². The van der Waals surface area contributed by atoms with Gasteiger partial charge < -0.3 is 10.0 Å². The van der Waals surface area contributed by atoms with Crippen LogP contribution in [-0.4, -0.2) is 29.9 Å². The number of benzene rings is 2. The van der Waals surface area contributed by atoms with E-state index in [-0.39, 0.29) is 11.3 Å². The van der Waals surface area contributed by atoms with Crippen molar-refractivity contribution in [3.05, 3.63) is 71.3 Å². The number of carboxylic acid groups (broad SMARTS) is 1. The predicted octanol–water partition coefficient (Wildman–Crippen LogP) is 4.66. The van der Waals surface area contributed by atoms with Gasteiger partial charge in [-0.05, 0) is 60.9 Å². The Balaban J connectivity index is 1.64. The van der Waals surface area contributed by atoms with E-state index in [4.69, 9.17) is 5.11 Å². The van der Waals surface area contributed by atoms with E-state index in [1.165, 1.54) is 49.6 Å². The summed E-state index contributed by atoms with van der Waals surface area (Å²) in [4.78, 5) is 25.6. The maximum absolute atomic E-state index is 12.3. The van der Waals surface area contributed by atoms with Crippen LogP contribution in [0.1, 0.15) is 52.0 Å². The molecule has 1 fully saturated rings. The van der Waals surface area contributed by atoms with E-state index in [0.29, 0.717) is 5.56 Å². The average molecular weight is 349 g/mol. The van der Waals surface area contributed by atoms with Gasteiger partial charge in [0.1, 0.15) is 0 Å². The van der Waals surface area contributed by atoms with Crippen LogP contribution in [0.25, 0.3) is 6.08 Å². The van der Waals surface area contributed by atoms with E-state index in [9.17, 15) is 9.59 Å². The van der Waals surface area contributed by atoms with E-state index in [0.717, 1.165) is 18.7 Å². The highest BCUT2D eigenvalue weighted by atomic mass is 16.4. The summed E-state index contributed by atoms with van der Waals surface area (Å²) in [6.45, 7) is 2.17. The van der Waals surface area contributed by atoms with E-state index in [2.05, 4.69) is 4.90 Å². The Kier molecular flexibility index (Phi) is 5.84. The van der Waals surface area contributed by atoms with Gasteiger partial charge in [-0.15, -0.1) is 0 Å². The molecule has 0 aromatic heterocycles. The van der Waals surface area contributed by atoms with Crippen LogP contribution in [0.3, 0.4) is 0 Å². The maximum atomic E-state index is 12.3. The first-order chi connectivity index (χ1) is 12.6. The summed E-state index contributed by atoms with van der Waals surface area (Å²) >= 11 is 0. The second-order valence-corrected chi connectivity index (χ2v) is 6.57. The normalized spacial score (nSPS) is 15.0. The highest BCUT2D eigenvalue weighted by Crippen LogP contribution is 2.20. The molecule has 0 aliphatic carbocycles. The topological polar surface area (TPSA) is 57.6 Å². The quantitative estimate of drug-likeness (QED) is 0.630. The van der Waals surface area contributed by atoms with E-state index in [1.807, 2.05) is 24.3 Å². The molecule has 1 N–H and O–H groups in total. The van der Waals surface area contributed by atoms with Crippen molar-refractivity contribution < 1.29 is 14.7 Å². The first kappa shape index (κ1) is 17.9. The molecular weight excluding hydrogens is 326 g/mol. The lowest BCUT2D eigenvalue weighted by Gasteiger charge is -2.22. The van der Waals surface area contributed by atoms with Crippen molar-refractivity contribution in [1.29, 1.82) is 0 Å². The Labute approximate surface area is 153 Å². The Morgan fingerprint density at radius 1 is 0.808 bits per heavy atom. The van der Waals surface area contributed by atoms with Crippen LogP contribution in [0.5, 0.6) is 0 Å². The Hall–Kier alpha value is -2.88. The Bertz CT molecular complexity index is 783. The summed E-state index contributed by atoms with van der Waals surface area (Å²) in [5.74, 6) is -1.02. The molecule has 134 valence electrons. The first-order valence-electron chi connectivity index (χ1n) is 9.04. The monoisotopic (exact) mass is 349 g/mol. The van der Waals surface area contributed by atoms with Crippen molar-refractivity contribution in [3.63, 3.8) is 0 Å². The van der Waals surface area contributed by atoms with Gasteiger partial charge >= 0.3 is 5.97 Å². The van der Waals surface area contributed by atoms with Crippen molar-refractivity contribution >= 4 is 23.5 Å². The lowest BCUT2D eigenvalue weighted by Crippen LogP contribution is -2.23. The molecule has 0 unspecified atom stereocenters. The van der Waals surface area contributed by atoms with Gasteiger partial charge in [0.2, 0.25) is 0 Å². The van der Waals surface area contributed by atoms with E-state index < -0.39 is 5.97 Å². The largest absolute Gasteiger partial charge is 0.478 e. The van der Waals surface area contributed by atoms with E-state index >= 15 is 0 Å². The second kappa shape index (κ2) is 8.48. The summed E-state index contributed by atoms with van der Waals surface area (Å²) in [5, 5.41) is 8.90. The molecule has 3 rings (SSSR count). The lowest BCUT2D eigenvalue weighted by molar-refractivity contribution is 0.0696. The molecule has 0 atom stereocenters. The molecule has 0 amide bonds. The third-order valence-electron chi connectivity index (χ3n) is 4.71. The molecule has 4 nitrogen and oxygen atoms in total. The minimum atomic E-state index is -0.957. The van der Waals surface area contributed by atoms with Crippen LogP contribution < -0.4 is 4.90 Å². The molecule has 1 heterocycles. The molecule has 2 aromatic carbocycles. The van der Waals surface area contributed by atoms with Crippen LogP contribution in [0.4, 0.5) is 5.69 Å². The predicted molar refractivity (Wildman–Crippen MR) is 104 cm³/mol. The lowest BCUT2D eigenvalue weighted by atomic mass is 10.1.